The molecule has 0 fully saturated rings. The first-order valence-electron chi connectivity index (χ1n) is 14.8. The van der Waals surface area contributed by atoms with E-state index >= 15 is 4.39 Å². The molecule has 3 aromatic rings. The van der Waals surface area contributed by atoms with Crippen LogP contribution in [0, 0.1) is 11.2 Å². The van der Waals surface area contributed by atoms with E-state index in [1.54, 1.807) is 0 Å². The van der Waals surface area contributed by atoms with E-state index in [1.807, 2.05) is 0 Å². The number of aryl methyl sites for hydroxylation is 2. The van der Waals surface area contributed by atoms with Gasteiger partial charge in [0.2, 0.25) is 5.95 Å². The molecular formula is C30H34FN7O12. The number of halogens is 1. The lowest BCUT2D eigenvalue weighted by molar-refractivity contribution is -0.162. The van der Waals surface area contributed by atoms with Crippen LogP contribution in [-0.2, 0) is 41.6 Å². The number of fused-ring (bicyclic) bond motifs is 1. The molecule has 3 rings (SSSR count). The number of benzene rings is 1. The van der Waals surface area contributed by atoms with Crippen LogP contribution in [0.1, 0.15) is 53.6 Å². The highest BCUT2D eigenvalue weighted by atomic mass is 19.1. The number of aliphatic carboxylic acids is 4. The molecule has 0 saturated heterocycles. The molecule has 1 aromatic carbocycles. The first kappa shape index (κ1) is 38.4. The number of H-pyrrole nitrogens is 2. The highest BCUT2D eigenvalue weighted by Crippen LogP contribution is 2.32. The number of hydrogen-bond acceptors (Lipinski definition) is 12. The maximum absolute atomic E-state index is 15.2. The fourth-order valence-electron chi connectivity index (χ4n) is 5.32. The third kappa shape index (κ3) is 8.71. The van der Waals surface area contributed by atoms with Crippen LogP contribution in [0.25, 0.3) is 11.0 Å². The lowest BCUT2D eigenvalue weighted by Crippen LogP contribution is -2.61. The van der Waals surface area contributed by atoms with E-state index in [2.05, 4.69) is 20.3 Å². The van der Waals surface area contributed by atoms with Crippen LogP contribution in [0.5, 0.6) is 0 Å². The molecule has 2 aromatic heterocycles. The second kappa shape index (κ2) is 15.9. The van der Waals surface area contributed by atoms with Crippen LogP contribution >= 0.6 is 0 Å². The van der Waals surface area contributed by atoms with Crippen molar-refractivity contribution < 1.29 is 58.4 Å². The Bertz CT molecular complexity index is 1910. The lowest BCUT2D eigenvalue weighted by Gasteiger charge is -2.33. The Labute approximate surface area is 280 Å². The number of carbonyl (C=O) groups is 7. The van der Waals surface area contributed by atoms with Crippen LogP contribution in [0.4, 0.5) is 10.3 Å². The number of nitrogens with one attached hydrogen (secondary N) is 3. The predicted octanol–water partition coefficient (Wildman–Crippen LogP) is -1.08. The number of ketones is 2. The SMILES string of the molecule is Nc1nc2[nH]cc(CCc3ccc(C(=O)N[C@@H](CCC(=O)O)C(=O)C(C[C@H](N)C(=O)O)(C(=O)O)C(=O)[C@@H](N)CCC(=O)O)cc3F)c2c(=O)[nH]1. The average molecular weight is 704 g/mol. The summed E-state index contributed by atoms with van der Waals surface area (Å²) in [5.74, 6) is -12.5. The predicted molar refractivity (Wildman–Crippen MR) is 168 cm³/mol. The quantitative estimate of drug-likeness (QED) is 0.0664. The molecule has 0 spiro atoms. The van der Waals surface area contributed by atoms with Crippen molar-refractivity contribution in [1.29, 1.82) is 0 Å². The fraction of sp³-hybridized carbons (Fsp3) is 0.367. The number of nitrogens with zero attached hydrogens (tertiary/aromatic N) is 1. The molecule has 0 radical (unpaired) electrons. The summed E-state index contributed by atoms with van der Waals surface area (Å²) in [4.78, 5) is 109. The Morgan fingerprint density at radius 3 is 2.10 bits per heavy atom. The van der Waals surface area contributed by atoms with Gasteiger partial charge in [-0.25, -0.2) is 4.39 Å². The third-order valence-corrected chi connectivity index (χ3v) is 7.95. The number of aromatic amines is 2. The van der Waals surface area contributed by atoms with E-state index in [0.717, 1.165) is 12.1 Å². The van der Waals surface area contributed by atoms with Gasteiger partial charge in [0.1, 0.15) is 17.5 Å². The van der Waals surface area contributed by atoms with Crippen molar-refractivity contribution in [1.82, 2.24) is 20.3 Å². The van der Waals surface area contributed by atoms with Crippen molar-refractivity contribution in [2.24, 2.45) is 16.9 Å². The van der Waals surface area contributed by atoms with Crippen molar-refractivity contribution in [2.75, 3.05) is 5.73 Å². The highest BCUT2D eigenvalue weighted by molar-refractivity contribution is 6.25. The number of carbonyl (C=O) groups excluding carboxylic acids is 3. The molecule has 4 atom stereocenters. The van der Waals surface area contributed by atoms with Crippen LogP contribution in [0.3, 0.4) is 0 Å². The number of amides is 1. The number of aromatic nitrogens is 3. The molecule has 13 N–H and O–H groups in total. The molecular weight excluding hydrogens is 669 g/mol. The molecule has 0 aliphatic carbocycles. The molecule has 2 heterocycles. The van der Waals surface area contributed by atoms with Crippen LogP contribution in [0.2, 0.25) is 0 Å². The molecule has 50 heavy (non-hydrogen) atoms. The zero-order valence-electron chi connectivity index (χ0n) is 26.1. The maximum Gasteiger partial charge on any atom is 0.325 e. The van der Waals surface area contributed by atoms with Crippen molar-refractivity contribution in [2.45, 2.75) is 63.1 Å². The van der Waals surface area contributed by atoms with E-state index in [9.17, 15) is 53.7 Å². The van der Waals surface area contributed by atoms with E-state index in [0.29, 0.717) is 5.56 Å². The Morgan fingerprint density at radius 2 is 1.52 bits per heavy atom. The molecule has 0 saturated carbocycles. The molecule has 268 valence electrons. The van der Waals surface area contributed by atoms with Crippen molar-refractivity contribution in [3.8, 4) is 0 Å². The smallest absolute Gasteiger partial charge is 0.325 e. The Morgan fingerprint density at radius 1 is 0.900 bits per heavy atom. The average Bonchev–Trinajstić information content (AvgIpc) is 3.45. The van der Waals surface area contributed by atoms with Gasteiger partial charge < -0.3 is 47.9 Å². The van der Waals surface area contributed by atoms with E-state index in [-0.39, 0.29) is 35.4 Å². The minimum Gasteiger partial charge on any atom is -0.481 e. The Balaban J connectivity index is 1.93. The number of anilines is 1. The van der Waals surface area contributed by atoms with Gasteiger partial charge in [0, 0.05) is 31.0 Å². The van der Waals surface area contributed by atoms with Crippen molar-refractivity contribution in [3.05, 3.63) is 57.3 Å². The van der Waals surface area contributed by atoms with Gasteiger partial charge in [-0.05, 0) is 48.9 Å². The fourth-order valence-corrected chi connectivity index (χ4v) is 5.32. The summed E-state index contributed by atoms with van der Waals surface area (Å²) in [6.07, 6.45) is -2.76. The first-order valence-corrected chi connectivity index (χ1v) is 14.8. The van der Waals surface area contributed by atoms with Gasteiger partial charge >= 0.3 is 23.9 Å². The standard InChI is InChI=1S/C30H34FN7O12/c31-15-9-13(3-1-12(15)2-4-14-11-35-24-21(14)26(46)38-29(34)37-24)25(45)36-18(6-8-20(41)42)23(44)30(28(49)50,10-17(33)27(47)48)22(43)16(32)5-7-19(39)40/h1,3,9,11,16-18H,2,4-8,10,32-33H2,(H,36,45)(H,39,40)(H,41,42)(H,47,48)(H,49,50)(H4,34,35,37,38,46)/t16-,17-,18-,30?/m0/s1. The van der Waals surface area contributed by atoms with Crippen LogP contribution in [0.15, 0.2) is 29.2 Å². The summed E-state index contributed by atoms with van der Waals surface area (Å²) in [6.45, 7) is 0. The van der Waals surface area contributed by atoms with Gasteiger partial charge in [0.15, 0.2) is 17.0 Å². The Kier molecular flexibility index (Phi) is 12.2. The molecule has 19 nitrogen and oxygen atoms in total. The molecule has 1 amide bonds. The van der Waals surface area contributed by atoms with Crippen LogP contribution < -0.4 is 28.1 Å². The summed E-state index contributed by atoms with van der Waals surface area (Å²) >= 11 is 0. The highest BCUT2D eigenvalue weighted by Gasteiger charge is 2.57. The zero-order chi connectivity index (χ0) is 37.5. The lowest BCUT2D eigenvalue weighted by atomic mass is 9.69. The van der Waals surface area contributed by atoms with Gasteiger partial charge in [-0.15, -0.1) is 0 Å². The van der Waals surface area contributed by atoms with E-state index in [1.165, 1.54) is 12.3 Å². The minimum atomic E-state index is -3.37. The number of carboxylic acids is 4. The van der Waals surface area contributed by atoms with Gasteiger partial charge in [-0.2, -0.15) is 4.98 Å². The van der Waals surface area contributed by atoms with Crippen molar-refractivity contribution in [3.63, 3.8) is 0 Å². The summed E-state index contributed by atoms with van der Waals surface area (Å²) < 4.78 is 15.2. The summed E-state index contributed by atoms with van der Waals surface area (Å²) in [6, 6.07) is -3.01. The third-order valence-electron chi connectivity index (χ3n) is 7.95. The van der Waals surface area contributed by atoms with Gasteiger partial charge in [0.05, 0.1) is 17.5 Å². The van der Waals surface area contributed by atoms with Gasteiger partial charge in [-0.3, -0.25) is 43.3 Å². The van der Waals surface area contributed by atoms with Crippen LogP contribution in [-0.4, -0.2) is 94.9 Å². The van der Waals surface area contributed by atoms with E-state index < -0.39 is 114 Å². The summed E-state index contributed by atoms with van der Waals surface area (Å²) in [7, 11) is 0. The normalized spacial score (nSPS) is 14.2. The topological polar surface area (TPSA) is 352 Å². The molecule has 0 aliphatic rings. The molecule has 1 unspecified atom stereocenters. The Hall–Kier alpha value is -6.02. The molecule has 20 heteroatoms. The number of Topliss-reactive ketones (excluding diaryl/α,β-unsaturated/α-hetero) is 2. The second-order valence-corrected chi connectivity index (χ2v) is 11.4. The van der Waals surface area contributed by atoms with Gasteiger partial charge in [-0.1, -0.05) is 6.07 Å². The maximum atomic E-state index is 15.2. The minimum absolute atomic E-state index is 0.0411. The van der Waals surface area contributed by atoms with E-state index in [4.69, 9.17) is 22.3 Å². The van der Waals surface area contributed by atoms with Crippen molar-refractivity contribution >= 4 is 58.3 Å². The van der Waals surface area contributed by atoms with Gasteiger partial charge in [0.25, 0.3) is 11.5 Å². The first-order chi connectivity index (χ1) is 23.4. The molecule has 0 bridgehead atoms. The monoisotopic (exact) mass is 703 g/mol. The summed E-state index contributed by atoms with van der Waals surface area (Å²) in [5.41, 5.74) is 13.4. The number of hydrogen-bond donors (Lipinski definition) is 10. The number of rotatable bonds is 19. The second-order valence-electron chi connectivity index (χ2n) is 11.4. The number of carboxylic acid groups (broad SMARTS) is 4. The largest absolute Gasteiger partial charge is 0.481 e. The number of nitrogens with two attached hydrogens (primary N) is 3. The molecule has 0 aliphatic heterocycles. The zero-order valence-corrected chi connectivity index (χ0v) is 26.1. The summed E-state index contributed by atoms with van der Waals surface area (Å²) in [5, 5.41) is 40.1. The number of nitrogen functional groups attached to an aromatic ring is 1.